The number of nitrogens with zero attached hydrogens (tertiary/aromatic N) is 1. The van der Waals surface area contributed by atoms with E-state index in [1.54, 1.807) is 24.4 Å². The topological polar surface area (TPSA) is 12.9 Å². The first-order valence-electron chi connectivity index (χ1n) is 4.76. The Hall–Kier alpha value is -1.11. The van der Waals surface area contributed by atoms with Crippen molar-refractivity contribution < 1.29 is 13.2 Å². The molecule has 0 aliphatic carbocycles. The van der Waals surface area contributed by atoms with Crippen molar-refractivity contribution in [1.29, 1.82) is 0 Å². The number of rotatable bonds is 1. The SMILES string of the molecule is FC(F)(F)c1ccc(I)c(-c2ccccn2)c1. The number of pyridine rings is 1. The van der Waals surface area contributed by atoms with Crippen LogP contribution in [-0.2, 0) is 6.18 Å². The smallest absolute Gasteiger partial charge is 0.256 e. The molecular weight excluding hydrogens is 342 g/mol. The molecule has 0 spiro atoms. The lowest BCUT2D eigenvalue weighted by Crippen LogP contribution is -2.05. The molecule has 0 N–H and O–H groups in total. The highest BCUT2D eigenvalue weighted by atomic mass is 127. The third kappa shape index (κ3) is 2.77. The van der Waals surface area contributed by atoms with Crippen molar-refractivity contribution in [3.63, 3.8) is 0 Å². The first-order valence-corrected chi connectivity index (χ1v) is 5.84. The second-order valence-corrected chi connectivity index (χ2v) is 4.57. The molecule has 17 heavy (non-hydrogen) atoms. The Morgan fingerprint density at radius 3 is 2.41 bits per heavy atom. The maximum Gasteiger partial charge on any atom is 0.416 e. The molecule has 0 fully saturated rings. The monoisotopic (exact) mass is 349 g/mol. The van der Waals surface area contributed by atoms with E-state index in [4.69, 9.17) is 0 Å². The summed E-state index contributed by atoms with van der Waals surface area (Å²) < 4.78 is 38.5. The zero-order chi connectivity index (χ0) is 12.5. The molecule has 5 heteroatoms. The predicted molar refractivity (Wildman–Crippen MR) is 67.4 cm³/mol. The normalized spacial score (nSPS) is 11.5. The van der Waals surface area contributed by atoms with Gasteiger partial charge in [0.2, 0.25) is 0 Å². The van der Waals surface area contributed by atoms with Crippen LogP contribution >= 0.6 is 22.6 Å². The molecule has 0 unspecified atom stereocenters. The molecular formula is C12H7F3IN. The second-order valence-electron chi connectivity index (χ2n) is 3.41. The third-order valence-electron chi connectivity index (χ3n) is 2.23. The van der Waals surface area contributed by atoms with E-state index < -0.39 is 11.7 Å². The van der Waals surface area contributed by atoms with E-state index in [0.29, 0.717) is 11.3 Å². The zero-order valence-electron chi connectivity index (χ0n) is 8.50. The number of hydrogen-bond donors (Lipinski definition) is 0. The van der Waals surface area contributed by atoms with Crippen LogP contribution < -0.4 is 0 Å². The van der Waals surface area contributed by atoms with Crippen LogP contribution in [0.3, 0.4) is 0 Å². The molecule has 0 saturated heterocycles. The van der Waals surface area contributed by atoms with Crippen LogP contribution in [-0.4, -0.2) is 4.98 Å². The predicted octanol–water partition coefficient (Wildman–Crippen LogP) is 4.37. The minimum Gasteiger partial charge on any atom is -0.256 e. The van der Waals surface area contributed by atoms with Gasteiger partial charge in [-0.3, -0.25) is 4.98 Å². The van der Waals surface area contributed by atoms with Crippen LogP contribution in [0.2, 0.25) is 0 Å². The van der Waals surface area contributed by atoms with Gasteiger partial charge in [-0.2, -0.15) is 13.2 Å². The van der Waals surface area contributed by atoms with Gasteiger partial charge in [0, 0.05) is 15.3 Å². The molecule has 2 aromatic rings. The molecule has 0 atom stereocenters. The summed E-state index contributed by atoms with van der Waals surface area (Å²) in [5.41, 5.74) is 0.391. The molecule has 0 radical (unpaired) electrons. The van der Waals surface area contributed by atoms with E-state index in [-0.39, 0.29) is 0 Å². The molecule has 1 aromatic carbocycles. The summed E-state index contributed by atoms with van der Waals surface area (Å²) in [5.74, 6) is 0. The van der Waals surface area contributed by atoms with Gasteiger partial charge < -0.3 is 0 Å². The Balaban J connectivity index is 2.55. The van der Waals surface area contributed by atoms with Crippen LogP contribution in [0.15, 0.2) is 42.6 Å². The molecule has 1 aromatic heterocycles. The van der Waals surface area contributed by atoms with Crippen LogP contribution in [0.25, 0.3) is 11.3 Å². The first kappa shape index (κ1) is 12.3. The Labute approximate surface area is 110 Å². The van der Waals surface area contributed by atoms with Gasteiger partial charge in [0.25, 0.3) is 0 Å². The minimum atomic E-state index is -4.33. The summed E-state index contributed by atoms with van der Waals surface area (Å²) in [5, 5.41) is 0. The van der Waals surface area contributed by atoms with Gasteiger partial charge in [0.05, 0.1) is 11.3 Å². The van der Waals surface area contributed by atoms with Gasteiger partial charge in [-0.05, 0) is 52.9 Å². The molecule has 0 saturated carbocycles. The second kappa shape index (κ2) is 4.64. The lowest BCUT2D eigenvalue weighted by molar-refractivity contribution is -0.137. The Morgan fingerprint density at radius 1 is 1.06 bits per heavy atom. The van der Waals surface area contributed by atoms with E-state index in [1.165, 1.54) is 6.07 Å². The molecule has 1 nitrogen and oxygen atoms in total. The lowest BCUT2D eigenvalue weighted by atomic mass is 10.1. The van der Waals surface area contributed by atoms with Gasteiger partial charge in [-0.1, -0.05) is 6.07 Å². The van der Waals surface area contributed by atoms with E-state index in [9.17, 15) is 13.2 Å². The Kier molecular flexibility index (Phi) is 3.37. The fourth-order valence-corrected chi connectivity index (χ4v) is 2.03. The summed E-state index contributed by atoms with van der Waals surface area (Å²) in [6.07, 6.45) is -2.76. The van der Waals surface area contributed by atoms with Crippen LogP contribution in [0, 0.1) is 3.57 Å². The Bertz CT molecular complexity index is 523. The van der Waals surface area contributed by atoms with Crippen molar-refractivity contribution in [2.45, 2.75) is 6.18 Å². The Morgan fingerprint density at radius 2 is 1.82 bits per heavy atom. The van der Waals surface area contributed by atoms with Crippen molar-refractivity contribution in [2.24, 2.45) is 0 Å². The number of alkyl halides is 3. The highest BCUT2D eigenvalue weighted by molar-refractivity contribution is 14.1. The summed E-state index contributed by atoms with van der Waals surface area (Å²) in [6, 6.07) is 8.83. The van der Waals surface area contributed by atoms with Crippen LogP contribution in [0.4, 0.5) is 13.2 Å². The largest absolute Gasteiger partial charge is 0.416 e. The standard InChI is InChI=1S/C12H7F3IN/c13-12(14,15)8-4-5-10(16)9(7-8)11-3-1-2-6-17-11/h1-7H. The highest BCUT2D eigenvalue weighted by Crippen LogP contribution is 2.33. The van der Waals surface area contributed by atoms with Crippen LogP contribution in [0.1, 0.15) is 5.56 Å². The molecule has 2 rings (SSSR count). The molecule has 0 bridgehead atoms. The van der Waals surface area contributed by atoms with E-state index in [1.807, 2.05) is 22.6 Å². The number of halogens is 4. The molecule has 0 aliphatic heterocycles. The molecule has 1 heterocycles. The van der Waals surface area contributed by atoms with Crippen molar-refractivity contribution >= 4 is 22.6 Å². The van der Waals surface area contributed by atoms with Crippen LogP contribution in [0.5, 0.6) is 0 Å². The fraction of sp³-hybridized carbons (Fsp3) is 0.0833. The average molecular weight is 349 g/mol. The number of aromatic nitrogens is 1. The average Bonchev–Trinajstić information content (AvgIpc) is 2.29. The first-order chi connectivity index (χ1) is 7.98. The van der Waals surface area contributed by atoms with Gasteiger partial charge >= 0.3 is 6.18 Å². The van der Waals surface area contributed by atoms with Crippen molar-refractivity contribution in [3.05, 3.63) is 51.7 Å². The molecule has 0 amide bonds. The maximum atomic E-state index is 12.6. The van der Waals surface area contributed by atoms with Gasteiger partial charge in [-0.25, -0.2) is 0 Å². The molecule has 0 aliphatic rings. The lowest BCUT2D eigenvalue weighted by Gasteiger charge is -2.10. The van der Waals surface area contributed by atoms with Crippen molar-refractivity contribution in [3.8, 4) is 11.3 Å². The summed E-state index contributed by atoms with van der Waals surface area (Å²) in [6.45, 7) is 0. The van der Waals surface area contributed by atoms with Gasteiger partial charge in [0.1, 0.15) is 0 Å². The highest BCUT2D eigenvalue weighted by Gasteiger charge is 2.31. The fourth-order valence-electron chi connectivity index (χ4n) is 1.42. The third-order valence-corrected chi connectivity index (χ3v) is 3.18. The summed E-state index contributed by atoms with van der Waals surface area (Å²) >= 11 is 2.00. The quantitative estimate of drug-likeness (QED) is 0.697. The van der Waals surface area contributed by atoms with Crippen molar-refractivity contribution in [1.82, 2.24) is 4.98 Å². The van der Waals surface area contributed by atoms with Crippen molar-refractivity contribution in [2.75, 3.05) is 0 Å². The van der Waals surface area contributed by atoms with E-state index in [0.717, 1.165) is 15.7 Å². The van der Waals surface area contributed by atoms with Gasteiger partial charge in [0.15, 0.2) is 0 Å². The van der Waals surface area contributed by atoms with Gasteiger partial charge in [-0.15, -0.1) is 0 Å². The van der Waals surface area contributed by atoms with E-state index in [2.05, 4.69) is 4.98 Å². The molecule has 88 valence electrons. The number of hydrogen-bond acceptors (Lipinski definition) is 1. The summed E-state index contributed by atoms with van der Waals surface area (Å²) in [4.78, 5) is 4.06. The van der Waals surface area contributed by atoms with E-state index >= 15 is 0 Å². The minimum absolute atomic E-state index is 0.501. The summed E-state index contributed by atoms with van der Waals surface area (Å²) in [7, 11) is 0. The maximum absolute atomic E-state index is 12.6. The number of benzene rings is 1. The zero-order valence-corrected chi connectivity index (χ0v) is 10.7.